The molecule has 4 heteroatoms. The quantitative estimate of drug-likeness (QED) is 0.711. The van der Waals surface area contributed by atoms with E-state index in [4.69, 9.17) is 0 Å². The van der Waals surface area contributed by atoms with E-state index in [0.29, 0.717) is 11.6 Å². The number of carbonyl (C=O) groups excluding carboxylic acids is 1. The van der Waals surface area contributed by atoms with Crippen molar-refractivity contribution in [3.05, 3.63) is 17.6 Å². The first-order valence-electron chi connectivity index (χ1n) is 5.87. The Morgan fingerprint density at radius 3 is 2.56 bits per heavy atom. The SMILES string of the molecule is CCN(CC)c1cc(C=O)nc(C2CC2)n1. The molecular formula is C12H17N3O. The summed E-state index contributed by atoms with van der Waals surface area (Å²) < 4.78 is 0. The highest BCUT2D eigenvalue weighted by Gasteiger charge is 2.27. The molecule has 1 aliphatic carbocycles. The van der Waals surface area contributed by atoms with Crippen molar-refractivity contribution in [1.29, 1.82) is 0 Å². The van der Waals surface area contributed by atoms with E-state index in [2.05, 4.69) is 28.7 Å². The predicted octanol–water partition coefficient (Wildman–Crippen LogP) is 2.01. The van der Waals surface area contributed by atoms with Crippen LogP contribution in [0.1, 0.15) is 48.9 Å². The molecule has 0 bridgehead atoms. The van der Waals surface area contributed by atoms with Gasteiger partial charge in [0.05, 0.1) is 0 Å². The number of hydrogen-bond donors (Lipinski definition) is 0. The number of nitrogens with zero attached hydrogens (tertiary/aromatic N) is 3. The molecule has 1 heterocycles. The van der Waals surface area contributed by atoms with Crippen molar-refractivity contribution in [1.82, 2.24) is 9.97 Å². The fourth-order valence-corrected chi connectivity index (χ4v) is 1.77. The summed E-state index contributed by atoms with van der Waals surface area (Å²) in [4.78, 5) is 21.8. The van der Waals surface area contributed by atoms with Crippen molar-refractivity contribution < 1.29 is 4.79 Å². The Bertz CT molecular complexity index is 384. The van der Waals surface area contributed by atoms with Crippen LogP contribution in [0.3, 0.4) is 0 Å². The average molecular weight is 219 g/mol. The van der Waals surface area contributed by atoms with Crippen LogP contribution >= 0.6 is 0 Å². The van der Waals surface area contributed by atoms with E-state index in [0.717, 1.165) is 43.9 Å². The van der Waals surface area contributed by atoms with Crippen molar-refractivity contribution >= 4 is 12.1 Å². The van der Waals surface area contributed by atoms with Crippen molar-refractivity contribution in [2.75, 3.05) is 18.0 Å². The molecule has 0 atom stereocenters. The zero-order chi connectivity index (χ0) is 11.5. The van der Waals surface area contributed by atoms with Gasteiger partial charge in [-0.1, -0.05) is 0 Å². The van der Waals surface area contributed by atoms with Crippen LogP contribution < -0.4 is 4.90 Å². The molecule has 1 aromatic rings. The first-order valence-corrected chi connectivity index (χ1v) is 5.87. The van der Waals surface area contributed by atoms with Gasteiger partial charge >= 0.3 is 0 Å². The highest BCUT2D eigenvalue weighted by Crippen LogP contribution is 2.38. The molecule has 16 heavy (non-hydrogen) atoms. The Morgan fingerprint density at radius 1 is 1.38 bits per heavy atom. The number of rotatable bonds is 5. The van der Waals surface area contributed by atoms with E-state index >= 15 is 0 Å². The lowest BCUT2D eigenvalue weighted by molar-refractivity contribution is 0.111. The zero-order valence-electron chi connectivity index (χ0n) is 9.81. The van der Waals surface area contributed by atoms with Gasteiger partial charge in [0.25, 0.3) is 0 Å². The lowest BCUT2D eigenvalue weighted by atomic mass is 10.3. The van der Waals surface area contributed by atoms with Gasteiger partial charge in [0.15, 0.2) is 6.29 Å². The molecule has 0 radical (unpaired) electrons. The third kappa shape index (κ3) is 2.21. The Hall–Kier alpha value is -1.45. The Morgan fingerprint density at radius 2 is 2.06 bits per heavy atom. The molecule has 0 unspecified atom stereocenters. The summed E-state index contributed by atoms with van der Waals surface area (Å²) in [5, 5.41) is 0. The monoisotopic (exact) mass is 219 g/mol. The highest BCUT2D eigenvalue weighted by atomic mass is 16.1. The van der Waals surface area contributed by atoms with E-state index in [1.165, 1.54) is 0 Å². The lowest BCUT2D eigenvalue weighted by Gasteiger charge is -2.20. The van der Waals surface area contributed by atoms with Crippen molar-refractivity contribution in [2.45, 2.75) is 32.6 Å². The van der Waals surface area contributed by atoms with Gasteiger partial charge in [0, 0.05) is 25.1 Å². The molecule has 0 aromatic carbocycles. The van der Waals surface area contributed by atoms with Crippen LogP contribution in [0, 0.1) is 0 Å². The first-order chi connectivity index (χ1) is 7.78. The van der Waals surface area contributed by atoms with E-state index in [1.54, 1.807) is 6.07 Å². The minimum Gasteiger partial charge on any atom is -0.357 e. The van der Waals surface area contributed by atoms with Gasteiger partial charge < -0.3 is 4.90 Å². The maximum absolute atomic E-state index is 10.8. The summed E-state index contributed by atoms with van der Waals surface area (Å²) in [5.74, 6) is 2.20. The summed E-state index contributed by atoms with van der Waals surface area (Å²) in [6.07, 6.45) is 3.11. The lowest BCUT2D eigenvalue weighted by Crippen LogP contribution is -2.23. The summed E-state index contributed by atoms with van der Waals surface area (Å²) >= 11 is 0. The molecule has 2 rings (SSSR count). The van der Waals surface area contributed by atoms with Crippen LogP contribution in [-0.4, -0.2) is 29.3 Å². The van der Waals surface area contributed by atoms with E-state index in [1.807, 2.05) is 0 Å². The molecule has 1 aromatic heterocycles. The van der Waals surface area contributed by atoms with Crippen LogP contribution in [0.5, 0.6) is 0 Å². The molecule has 1 aliphatic rings. The summed E-state index contributed by atoms with van der Waals surface area (Å²) in [6, 6.07) is 1.77. The Labute approximate surface area is 95.7 Å². The maximum atomic E-state index is 10.8. The van der Waals surface area contributed by atoms with Crippen molar-refractivity contribution in [3.8, 4) is 0 Å². The molecule has 0 aliphatic heterocycles. The zero-order valence-corrected chi connectivity index (χ0v) is 9.81. The van der Waals surface area contributed by atoms with Gasteiger partial charge in [-0.05, 0) is 26.7 Å². The summed E-state index contributed by atoms with van der Waals surface area (Å²) in [7, 11) is 0. The van der Waals surface area contributed by atoms with Crippen LogP contribution in [0.2, 0.25) is 0 Å². The van der Waals surface area contributed by atoms with E-state index < -0.39 is 0 Å². The number of aromatic nitrogens is 2. The normalized spacial score (nSPS) is 14.9. The van der Waals surface area contributed by atoms with Gasteiger partial charge in [-0.15, -0.1) is 0 Å². The molecular weight excluding hydrogens is 202 g/mol. The molecule has 0 saturated heterocycles. The standard InChI is InChI=1S/C12H17N3O/c1-3-15(4-2)11-7-10(8-16)13-12(14-11)9-5-6-9/h7-9H,3-6H2,1-2H3. The molecule has 0 amide bonds. The molecule has 1 fully saturated rings. The van der Waals surface area contributed by atoms with Gasteiger partial charge in [0.1, 0.15) is 17.3 Å². The van der Waals surface area contributed by atoms with Gasteiger partial charge in [0.2, 0.25) is 0 Å². The van der Waals surface area contributed by atoms with Gasteiger partial charge in [-0.3, -0.25) is 4.79 Å². The average Bonchev–Trinajstić information content (AvgIpc) is 3.14. The molecule has 86 valence electrons. The first kappa shape index (κ1) is 11.0. The second kappa shape index (κ2) is 4.60. The van der Waals surface area contributed by atoms with Crippen LogP contribution in [-0.2, 0) is 0 Å². The highest BCUT2D eigenvalue weighted by molar-refractivity contribution is 5.73. The van der Waals surface area contributed by atoms with Crippen LogP contribution in [0.4, 0.5) is 5.82 Å². The molecule has 1 saturated carbocycles. The Kier molecular flexibility index (Phi) is 3.17. The number of hydrogen-bond acceptors (Lipinski definition) is 4. The third-order valence-corrected chi connectivity index (χ3v) is 2.90. The number of aldehydes is 1. The topological polar surface area (TPSA) is 46.1 Å². The Balaban J connectivity index is 2.35. The molecule has 0 spiro atoms. The number of carbonyl (C=O) groups is 1. The largest absolute Gasteiger partial charge is 0.357 e. The van der Waals surface area contributed by atoms with Crippen LogP contribution in [0.25, 0.3) is 0 Å². The maximum Gasteiger partial charge on any atom is 0.168 e. The van der Waals surface area contributed by atoms with Gasteiger partial charge in [-0.2, -0.15) is 0 Å². The smallest absolute Gasteiger partial charge is 0.168 e. The second-order valence-electron chi connectivity index (χ2n) is 4.07. The second-order valence-corrected chi connectivity index (χ2v) is 4.07. The van der Waals surface area contributed by atoms with Crippen molar-refractivity contribution in [3.63, 3.8) is 0 Å². The van der Waals surface area contributed by atoms with Crippen molar-refractivity contribution in [2.24, 2.45) is 0 Å². The summed E-state index contributed by atoms with van der Waals surface area (Å²) in [6.45, 7) is 5.97. The van der Waals surface area contributed by atoms with Gasteiger partial charge in [-0.25, -0.2) is 9.97 Å². The van der Waals surface area contributed by atoms with Crippen LogP contribution in [0.15, 0.2) is 6.07 Å². The molecule has 0 N–H and O–H groups in total. The number of anilines is 1. The predicted molar refractivity (Wildman–Crippen MR) is 63.0 cm³/mol. The third-order valence-electron chi connectivity index (χ3n) is 2.90. The molecule has 4 nitrogen and oxygen atoms in total. The fraction of sp³-hybridized carbons (Fsp3) is 0.583. The minimum atomic E-state index is 0.481. The fourth-order valence-electron chi connectivity index (χ4n) is 1.77. The van der Waals surface area contributed by atoms with E-state index in [-0.39, 0.29) is 0 Å². The minimum absolute atomic E-state index is 0.481. The summed E-state index contributed by atoms with van der Waals surface area (Å²) in [5.41, 5.74) is 0.499. The van der Waals surface area contributed by atoms with E-state index in [9.17, 15) is 4.79 Å².